The van der Waals surface area contributed by atoms with E-state index in [1.165, 1.54) is 16.7 Å². The van der Waals surface area contributed by atoms with Crippen molar-refractivity contribution >= 4 is 29.3 Å². The van der Waals surface area contributed by atoms with Crippen molar-refractivity contribution in [2.45, 2.75) is 30.3 Å². The molecular weight excluding hydrogens is 354 g/mol. The highest BCUT2D eigenvalue weighted by Gasteiger charge is 2.45. The first-order chi connectivity index (χ1) is 12.1. The molecule has 1 atom stereocenters. The second-order valence-electron chi connectivity index (χ2n) is 7.16. The van der Waals surface area contributed by atoms with Crippen LogP contribution >= 0.6 is 23.5 Å². The molecule has 1 saturated heterocycles. The first-order valence-corrected chi connectivity index (χ1v) is 9.59. The fourth-order valence-corrected chi connectivity index (χ4v) is 4.83. The van der Waals surface area contributed by atoms with Crippen LogP contribution < -0.4 is 5.32 Å². The van der Waals surface area contributed by atoms with E-state index >= 15 is 0 Å². The molecule has 0 aliphatic carbocycles. The summed E-state index contributed by atoms with van der Waals surface area (Å²) in [6, 6.07) is 10.6. The zero-order valence-corrected chi connectivity index (χ0v) is 15.5. The first-order valence-electron chi connectivity index (χ1n) is 8.44. The van der Waals surface area contributed by atoms with E-state index in [1.807, 2.05) is 18.3 Å². The van der Waals surface area contributed by atoms with Gasteiger partial charge in [-0.1, -0.05) is 29.8 Å². The topological polar surface area (TPSA) is 46.5 Å². The Morgan fingerprint density at radius 3 is 2.84 bits per heavy atom. The van der Waals surface area contributed by atoms with Gasteiger partial charge in [-0.05, 0) is 53.3 Å². The first kappa shape index (κ1) is 15.8. The van der Waals surface area contributed by atoms with Crippen LogP contribution in [-0.2, 0) is 21.7 Å². The number of pyridine rings is 1. The third kappa shape index (κ3) is 2.45. The van der Waals surface area contributed by atoms with Crippen molar-refractivity contribution in [3.05, 3.63) is 63.9 Å². The highest BCUT2D eigenvalue weighted by molar-refractivity contribution is 7.99. The molecule has 5 rings (SSSR count). The summed E-state index contributed by atoms with van der Waals surface area (Å²) < 4.78 is 10.7. The smallest absolute Gasteiger partial charge is 0.129 e. The quantitative estimate of drug-likeness (QED) is 0.644. The van der Waals surface area contributed by atoms with Crippen molar-refractivity contribution in [1.29, 1.82) is 0 Å². The van der Waals surface area contributed by atoms with Gasteiger partial charge in [-0.15, -0.1) is 0 Å². The molecule has 1 N–H and O–H groups in total. The lowest BCUT2D eigenvalue weighted by Gasteiger charge is -2.39. The molecule has 2 aromatic rings. The Balaban J connectivity index is 1.41. The van der Waals surface area contributed by atoms with Gasteiger partial charge in [-0.3, -0.25) is 0 Å². The number of nitrogens with one attached hydrogen (secondary N) is 1. The van der Waals surface area contributed by atoms with Gasteiger partial charge in [0.15, 0.2) is 0 Å². The molecule has 4 heterocycles. The lowest BCUT2D eigenvalue weighted by Crippen LogP contribution is -2.56. The summed E-state index contributed by atoms with van der Waals surface area (Å²) >= 11 is 7.54. The summed E-state index contributed by atoms with van der Waals surface area (Å²) in [5, 5.41) is 3.84. The minimum absolute atomic E-state index is 0.0798. The van der Waals surface area contributed by atoms with E-state index in [2.05, 4.69) is 35.4 Å². The number of rotatable bonds is 2. The highest BCUT2D eigenvalue weighted by atomic mass is 35.5. The number of halogens is 1. The maximum atomic E-state index is 6.06. The van der Waals surface area contributed by atoms with Crippen LogP contribution in [0.2, 0.25) is 5.15 Å². The third-order valence-electron chi connectivity index (χ3n) is 5.45. The summed E-state index contributed by atoms with van der Waals surface area (Å²) in [6.45, 7) is 4.74. The molecule has 3 aliphatic rings. The maximum Gasteiger partial charge on any atom is 0.129 e. The molecule has 0 radical (unpaired) electrons. The number of hydrogen-bond acceptors (Lipinski definition) is 5. The van der Waals surface area contributed by atoms with E-state index in [-0.39, 0.29) is 10.3 Å². The minimum atomic E-state index is -0.0957. The Labute approximate surface area is 156 Å². The molecule has 0 saturated carbocycles. The van der Waals surface area contributed by atoms with Gasteiger partial charge in [0.1, 0.15) is 10.8 Å². The number of ether oxygens (including phenoxy) is 1. The molecular formula is C19H18ClN3OS. The van der Waals surface area contributed by atoms with Crippen molar-refractivity contribution in [1.82, 2.24) is 10.3 Å². The van der Waals surface area contributed by atoms with Crippen molar-refractivity contribution in [3.8, 4) is 0 Å². The fraction of sp³-hybridized carbons (Fsp3) is 0.368. The Hall–Kier alpha value is -1.40. The normalized spacial score (nSPS) is 26.4. The SMILES string of the molecule is CC1(c2ccc(Cl)nc2)CC(c2ccc3c(c2)COC32CNC2)=NS1. The van der Waals surface area contributed by atoms with Crippen LogP contribution in [0.4, 0.5) is 0 Å². The molecule has 3 aliphatic heterocycles. The van der Waals surface area contributed by atoms with Gasteiger partial charge in [0.25, 0.3) is 0 Å². The average molecular weight is 372 g/mol. The van der Waals surface area contributed by atoms with E-state index in [0.29, 0.717) is 11.8 Å². The Bertz CT molecular complexity index is 879. The van der Waals surface area contributed by atoms with Gasteiger partial charge in [0.2, 0.25) is 0 Å². The van der Waals surface area contributed by atoms with Gasteiger partial charge < -0.3 is 10.1 Å². The van der Waals surface area contributed by atoms with Crippen LogP contribution in [0.5, 0.6) is 0 Å². The van der Waals surface area contributed by atoms with E-state index < -0.39 is 0 Å². The van der Waals surface area contributed by atoms with Crippen LogP contribution in [-0.4, -0.2) is 23.8 Å². The molecule has 0 bridgehead atoms. The van der Waals surface area contributed by atoms with Crippen molar-refractivity contribution in [2.24, 2.45) is 4.40 Å². The summed E-state index contributed by atoms with van der Waals surface area (Å²) in [7, 11) is 0. The van der Waals surface area contributed by atoms with Crippen molar-refractivity contribution in [3.63, 3.8) is 0 Å². The second-order valence-corrected chi connectivity index (χ2v) is 8.82. The standard InChI is InChI=1S/C19H18ClN3OS/c1-18(14-3-5-17(20)22-8-14)7-16(23-25-18)12-2-4-15-13(6-12)9-24-19(15)10-21-11-19/h2-6,8,21H,7,9-11H2,1H3. The monoisotopic (exact) mass is 371 g/mol. The summed E-state index contributed by atoms with van der Waals surface area (Å²) in [5.74, 6) is 0. The van der Waals surface area contributed by atoms with Crippen LogP contribution in [0.1, 0.15) is 35.6 Å². The summed E-state index contributed by atoms with van der Waals surface area (Å²) in [4.78, 5) is 4.22. The number of fused-ring (bicyclic) bond motifs is 2. The molecule has 1 unspecified atom stereocenters. The molecule has 1 aromatic carbocycles. The van der Waals surface area contributed by atoms with Crippen LogP contribution in [0.25, 0.3) is 0 Å². The molecule has 6 heteroatoms. The second kappa shape index (κ2) is 5.55. The number of hydrogen-bond donors (Lipinski definition) is 1. The largest absolute Gasteiger partial charge is 0.363 e. The molecule has 0 amide bonds. The molecule has 128 valence electrons. The zero-order chi connectivity index (χ0) is 17.1. The lowest BCUT2D eigenvalue weighted by atomic mass is 9.85. The summed E-state index contributed by atoms with van der Waals surface area (Å²) in [6.07, 6.45) is 2.74. The molecule has 1 fully saturated rings. The number of benzene rings is 1. The van der Waals surface area contributed by atoms with E-state index in [0.717, 1.165) is 30.8 Å². The predicted molar refractivity (Wildman–Crippen MR) is 101 cm³/mol. The van der Waals surface area contributed by atoms with Gasteiger partial charge >= 0.3 is 0 Å². The molecule has 4 nitrogen and oxygen atoms in total. The molecule has 1 aromatic heterocycles. The maximum absolute atomic E-state index is 6.06. The highest BCUT2D eigenvalue weighted by Crippen LogP contribution is 2.47. The van der Waals surface area contributed by atoms with Gasteiger partial charge in [-0.2, -0.15) is 0 Å². The van der Waals surface area contributed by atoms with E-state index in [4.69, 9.17) is 20.7 Å². The average Bonchev–Trinajstić information content (AvgIpc) is 3.16. The Morgan fingerprint density at radius 2 is 2.12 bits per heavy atom. The van der Waals surface area contributed by atoms with Gasteiger partial charge in [-0.25, -0.2) is 9.38 Å². The van der Waals surface area contributed by atoms with Gasteiger partial charge in [0, 0.05) is 25.7 Å². The fourth-order valence-electron chi connectivity index (χ4n) is 3.81. The van der Waals surface area contributed by atoms with Crippen molar-refractivity contribution in [2.75, 3.05) is 13.1 Å². The van der Waals surface area contributed by atoms with Gasteiger partial charge in [0.05, 0.1) is 17.1 Å². The molecule has 1 spiro atoms. The van der Waals surface area contributed by atoms with Crippen LogP contribution in [0.3, 0.4) is 0 Å². The number of nitrogens with zero attached hydrogens (tertiary/aromatic N) is 2. The Kier molecular flexibility index (Phi) is 3.51. The third-order valence-corrected chi connectivity index (χ3v) is 6.77. The predicted octanol–water partition coefficient (Wildman–Crippen LogP) is 3.82. The van der Waals surface area contributed by atoms with Crippen molar-refractivity contribution < 1.29 is 4.74 Å². The lowest BCUT2D eigenvalue weighted by molar-refractivity contribution is -0.0746. The molecule has 25 heavy (non-hydrogen) atoms. The van der Waals surface area contributed by atoms with Crippen LogP contribution in [0, 0.1) is 0 Å². The van der Waals surface area contributed by atoms with E-state index in [1.54, 1.807) is 11.9 Å². The van der Waals surface area contributed by atoms with E-state index in [9.17, 15) is 0 Å². The minimum Gasteiger partial charge on any atom is -0.363 e. The van der Waals surface area contributed by atoms with Crippen LogP contribution in [0.15, 0.2) is 40.9 Å². The number of aromatic nitrogens is 1. The zero-order valence-electron chi connectivity index (χ0n) is 13.9. The Morgan fingerprint density at radius 1 is 1.24 bits per heavy atom. The summed E-state index contributed by atoms with van der Waals surface area (Å²) in [5.41, 5.74) is 6.05.